The van der Waals surface area contributed by atoms with E-state index in [4.69, 9.17) is 4.42 Å². The summed E-state index contributed by atoms with van der Waals surface area (Å²) in [4.78, 5) is 15.2. The van der Waals surface area contributed by atoms with Crippen LogP contribution in [0.1, 0.15) is 25.7 Å². The molecule has 0 aliphatic carbocycles. The van der Waals surface area contributed by atoms with Gasteiger partial charge in [-0.1, -0.05) is 18.6 Å². The molecular weight excluding hydrogens is 244 g/mol. The Kier molecular flexibility index (Phi) is 4.78. The fourth-order valence-electron chi connectivity index (χ4n) is 1.82. The maximum absolute atomic E-state index is 10.9. The predicted molar refractivity (Wildman–Crippen MR) is 73.0 cm³/mol. The SMILES string of the molecule is COC(=O)CCCCCNc1nc2ccccc2o1. The molecule has 0 radical (unpaired) electrons. The van der Waals surface area contributed by atoms with Crippen molar-refractivity contribution in [2.24, 2.45) is 0 Å². The highest BCUT2D eigenvalue weighted by atomic mass is 16.5. The maximum atomic E-state index is 10.9. The second kappa shape index (κ2) is 6.78. The summed E-state index contributed by atoms with van der Waals surface area (Å²) in [5.74, 6) is -0.146. The van der Waals surface area contributed by atoms with Crippen molar-refractivity contribution in [3.63, 3.8) is 0 Å². The fraction of sp³-hybridized carbons (Fsp3) is 0.429. The van der Waals surface area contributed by atoms with Gasteiger partial charge in [0.05, 0.1) is 7.11 Å². The number of hydrogen-bond acceptors (Lipinski definition) is 5. The molecule has 0 saturated heterocycles. The largest absolute Gasteiger partial charge is 0.469 e. The number of benzene rings is 1. The summed E-state index contributed by atoms with van der Waals surface area (Å²) in [6.45, 7) is 0.786. The van der Waals surface area contributed by atoms with Crippen LogP contribution in [0.25, 0.3) is 11.1 Å². The monoisotopic (exact) mass is 262 g/mol. The molecule has 0 fully saturated rings. The van der Waals surface area contributed by atoms with Gasteiger partial charge in [-0.15, -0.1) is 0 Å². The van der Waals surface area contributed by atoms with Crippen molar-refractivity contribution in [3.8, 4) is 0 Å². The van der Waals surface area contributed by atoms with Crippen molar-refractivity contribution < 1.29 is 13.9 Å². The summed E-state index contributed by atoms with van der Waals surface area (Å²) in [5.41, 5.74) is 1.64. The lowest BCUT2D eigenvalue weighted by atomic mass is 10.2. The fourth-order valence-corrected chi connectivity index (χ4v) is 1.82. The predicted octanol–water partition coefficient (Wildman–Crippen LogP) is 2.97. The molecule has 0 saturated carbocycles. The lowest BCUT2D eigenvalue weighted by Gasteiger charge is -2.01. The minimum Gasteiger partial charge on any atom is -0.469 e. The van der Waals surface area contributed by atoms with Gasteiger partial charge in [-0.3, -0.25) is 4.79 Å². The van der Waals surface area contributed by atoms with E-state index in [2.05, 4.69) is 15.0 Å². The average Bonchev–Trinajstić information content (AvgIpc) is 2.84. The molecule has 1 N–H and O–H groups in total. The molecule has 1 heterocycles. The van der Waals surface area contributed by atoms with Gasteiger partial charge in [0.1, 0.15) is 5.52 Å². The number of hydrogen-bond donors (Lipinski definition) is 1. The number of esters is 1. The van der Waals surface area contributed by atoms with E-state index in [9.17, 15) is 4.79 Å². The number of aromatic nitrogens is 1. The number of para-hydroxylation sites is 2. The molecule has 0 bridgehead atoms. The van der Waals surface area contributed by atoms with Gasteiger partial charge in [0, 0.05) is 13.0 Å². The van der Waals surface area contributed by atoms with Crippen LogP contribution in [0.5, 0.6) is 0 Å². The number of carbonyl (C=O) groups excluding carboxylic acids is 1. The normalized spacial score (nSPS) is 10.6. The summed E-state index contributed by atoms with van der Waals surface area (Å²) in [5, 5.41) is 3.14. The highest BCUT2D eigenvalue weighted by Gasteiger charge is 2.03. The van der Waals surface area contributed by atoms with E-state index in [1.807, 2.05) is 24.3 Å². The molecule has 1 aromatic heterocycles. The average molecular weight is 262 g/mol. The van der Waals surface area contributed by atoms with Crippen molar-refractivity contribution in [1.82, 2.24) is 4.98 Å². The third-order valence-corrected chi connectivity index (χ3v) is 2.86. The Bertz CT molecular complexity index is 503. The number of anilines is 1. The molecule has 2 rings (SSSR count). The lowest BCUT2D eigenvalue weighted by Crippen LogP contribution is -2.03. The number of rotatable bonds is 7. The molecule has 5 nitrogen and oxygen atoms in total. The zero-order valence-corrected chi connectivity index (χ0v) is 11.0. The number of fused-ring (bicyclic) bond motifs is 1. The van der Waals surface area contributed by atoms with Crippen LogP contribution in [0.15, 0.2) is 28.7 Å². The van der Waals surface area contributed by atoms with Gasteiger partial charge in [-0.25, -0.2) is 0 Å². The molecule has 5 heteroatoms. The summed E-state index contributed by atoms with van der Waals surface area (Å²) < 4.78 is 10.1. The molecule has 0 aliphatic heterocycles. The van der Waals surface area contributed by atoms with Crippen LogP contribution in [-0.4, -0.2) is 24.6 Å². The van der Waals surface area contributed by atoms with Crippen molar-refractivity contribution in [3.05, 3.63) is 24.3 Å². The first-order chi connectivity index (χ1) is 9.29. The van der Waals surface area contributed by atoms with Crippen LogP contribution < -0.4 is 5.32 Å². The van der Waals surface area contributed by atoms with Gasteiger partial charge in [0.25, 0.3) is 6.01 Å². The number of unbranched alkanes of at least 4 members (excludes halogenated alkanes) is 2. The molecule has 2 aromatic rings. The zero-order valence-electron chi connectivity index (χ0n) is 11.0. The van der Waals surface area contributed by atoms with Crippen molar-refractivity contribution in [1.29, 1.82) is 0 Å². The number of nitrogens with one attached hydrogen (secondary N) is 1. The second-order valence-electron chi connectivity index (χ2n) is 4.30. The van der Waals surface area contributed by atoms with Crippen LogP contribution in [0.4, 0.5) is 6.01 Å². The number of methoxy groups -OCH3 is 1. The van der Waals surface area contributed by atoms with E-state index >= 15 is 0 Å². The summed E-state index contributed by atoms with van der Waals surface area (Å²) in [6.07, 6.45) is 3.28. The summed E-state index contributed by atoms with van der Waals surface area (Å²) in [7, 11) is 1.41. The van der Waals surface area contributed by atoms with Crippen LogP contribution in [0.2, 0.25) is 0 Å². The van der Waals surface area contributed by atoms with E-state index in [1.54, 1.807) is 0 Å². The molecule has 102 valence electrons. The van der Waals surface area contributed by atoms with Gasteiger partial charge in [0.15, 0.2) is 5.58 Å². The van der Waals surface area contributed by atoms with Crippen LogP contribution in [0, 0.1) is 0 Å². The molecule has 0 aliphatic rings. The summed E-state index contributed by atoms with van der Waals surface area (Å²) >= 11 is 0. The second-order valence-corrected chi connectivity index (χ2v) is 4.30. The first-order valence-corrected chi connectivity index (χ1v) is 6.46. The Balaban J connectivity index is 1.67. The van der Waals surface area contributed by atoms with Crippen molar-refractivity contribution in [2.45, 2.75) is 25.7 Å². The first-order valence-electron chi connectivity index (χ1n) is 6.46. The van der Waals surface area contributed by atoms with Gasteiger partial charge < -0.3 is 14.5 Å². The van der Waals surface area contributed by atoms with Gasteiger partial charge in [0.2, 0.25) is 0 Å². The van der Waals surface area contributed by atoms with E-state index in [1.165, 1.54) is 7.11 Å². The van der Waals surface area contributed by atoms with Gasteiger partial charge in [-0.2, -0.15) is 4.98 Å². The van der Waals surface area contributed by atoms with Crippen LogP contribution in [-0.2, 0) is 9.53 Å². The topological polar surface area (TPSA) is 64.4 Å². The highest BCUT2D eigenvalue weighted by Crippen LogP contribution is 2.17. The van der Waals surface area contributed by atoms with E-state index in [0.717, 1.165) is 36.9 Å². The Labute approximate surface area is 112 Å². The molecule has 0 unspecified atom stereocenters. The molecule has 0 atom stereocenters. The van der Waals surface area contributed by atoms with Crippen molar-refractivity contribution in [2.75, 3.05) is 19.0 Å². The lowest BCUT2D eigenvalue weighted by molar-refractivity contribution is -0.140. The zero-order chi connectivity index (χ0) is 13.5. The standard InChI is InChI=1S/C14H18N2O3/c1-18-13(17)9-3-2-6-10-15-14-16-11-7-4-5-8-12(11)19-14/h4-5,7-8H,2-3,6,9-10H2,1H3,(H,15,16). The maximum Gasteiger partial charge on any atom is 0.305 e. The number of ether oxygens (including phenoxy) is 1. The molecule has 19 heavy (non-hydrogen) atoms. The van der Waals surface area contributed by atoms with E-state index in [-0.39, 0.29) is 5.97 Å². The van der Waals surface area contributed by atoms with Crippen LogP contribution >= 0.6 is 0 Å². The summed E-state index contributed by atoms with van der Waals surface area (Å²) in [6, 6.07) is 8.21. The van der Waals surface area contributed by atoms with E-state index in [0.29, 0.717) is 12.4 Å². The van der Waals surface area contributed by atoms with E-state index < -0.39 is 0 Å². The van der Waals surface area contributed by atoms with Gasteiger partial charge >= 0.3 is 5.97 Å². The highest BCUT2D eigenvalue weighted by molar-refractivity contribution is 5.74. The number of carbonyl (C=O) groups is 1. The molecular formula is C14H18N2O3. The Morgan fingerprint density at radius 3 is 2.95 bits per heavy atom. The smallest absolute Gasteiger partial charge is 0.305 e. The minimum atomic E-state index is -0.146. The number of nitrogens with zero attached hydrogens (tertiary/aromatic N) is 1. The molecule has 0 amide bonds. The quantitative estimate of drug-likeness (QED) is 0.614. The third kappa shape index (κ3) is 3.98. The van der Waals surface area contributed by atoms with Crippen molar-refractivity contribution >= 4 is 23.1 Å². The van der Waals surface area contributed by atoms with Crippen LogP contribution in [0.3, 0.4) is 0 Å². The molecule has 1 aromatic carbocycles. The Morgan fingerprint density at radius 2 is 2.16 bits per heavy atom. The Hall–Kier alpha value is -2.04. The Morgan fingerprint density at radius 1 is 1.32 bits per heavy atom. The minimum absolute atomic E-state index is 0.146. The molecule has 0 spiro atoms. The number of oxazole rings is 1. The third-order valence-electron chi connectivity index (χ3n) is 2.86. The first kappa shape index (κ1) is 13.4. The van der Waals surface area contributed by atoms with Gasteiger partial charge in [-0.05, 0) is 25.0 Å².